The number of carbonyl (C=O) groups is 1. The highest BCUT2D eigenvalue weighted by atomic mass is 16.1. The summed E-state index contributed by atoms with van der Waals surface area (Å²) >= 11 is 0. The molecule has 1 heteroatoms. The SMILES string of the molecule is CC(C=O)Cc1ccccc1-c1ccccc1. The van der Waals surface area contributed by atoms with Crippen LogP contribution in [0.4, 0.5) is 0 Å². The molecule has 0 saturated carbocycles. The molecule has 0 radical (unpaired) electrons. The van der Waals surface area contributed by atoms with E-state index in [0.29, 0.717) is 0 Å². The lowest BCUT2D eigenvalue weighted by Gasteiger charge is -2.11. The molecule has 0 aromatic heterocycles. The lowest BCUT2D eigenvalue weighted by molar-refractivity contribution is -0.110. The molecule has 86 valence electrons. The van der Waals surface area contributed by atoms with Crippen molar-refractivity contribution < 1.29 is 4.79 Å². The normalized spacial score (nSPS) is 12.1. The van der Waals surface area contributed by atoms with Crippen LogP contribution < -0.4 is 0 Å². The maximum absolute atomic E-state index is 10.8. The molecular formula is C16H16O. The van der Waals surface area contributed by atoms with Crippen LogP contribution in [0, 0.1) is 5.92 Å². The topological polar surface area (TPSA) is 17.1 Å². The molecule has 0 aliphatic carbocycles. The fourth-order valence-corrected chi connectivity index (χ4v) is 1.99. The van der Waals surface area contributed by atoms with Gasteiger partial charge in [0.25, 0.3) is 0 Å². The van der Waals surface area contributed by atoms with E-state index in [1.54, 1.807) is 0 Å². The van der Waals surface area contributed by atoms with Crippen LogP contribution >= 0.6 is 0 Å². The van der Waals surface area contributed by atoms with Crippen molar-refractivity contribution in [3.05, 3.63) is 60.2 Å². The molecule has 2 rings (SSSR count). The minimum Gasteiger partial charge on any atom is -0.303 e. The Kier molecular flexibility index (Phi) is 3.71. The van der Waals surface area contributed by atoms with E-state index in [1.807, 2.05) is 37.3 Å². The first kappa shape index (κ1) is 11.6. The fraction of sp³-hybridized carbons (Fsp3) is 0.188. The molecule has 0 aliphatic rings. The Labute approximate surface area is 102 Å². The van der Waals surface area contributed by atoms with Crippen LogP contribution in [0.1, 0.15) is 12.5 Å². The van der Waals surface area contributed by atoms with Crippen LogP contribution in [-0.4, -0.2) is 6.29 Å². The van der Waals surface area contributed by atoms with E-state index < -0.39 is 0 Å². The summed E-state index contributed by atoms with van der Waals surface area (Å²) < 4.78 is 0. The summed E-state index contributed by atoms with van der Waals surface area (Å²) in [5.41, 5.74) is 3.67. The quantitative estimate of drug-likeness (QED) is 0.723. The summed E-state index contributed by atoms with van der Waals surface area (Å²) in [6.07, 6.45) is 1.82. The molecule has 1 nitrogen and oxygen atoms in total. The van der Waals surface area contributed by atoms with Gasteiger partial charge >= 0.3 is 0 Å². The summed E-state index contributed by atoms with van der Waals surface area (Å²) in [7, 11) is 0. The molecule has 0 spiro atoms. The van der Waals surface area contributed by atoms with Gasteiger partial charge < -0.3 is 4.79 Å². The van der Waals surface area contributed by atoms with Gasteiger partial charge in [-0.1, -0.05) is 61.5 Å². The van der Waals surface area contributed by atoms with E-state index in [-0.39, 0.29) is 5.92 Å². The first-order valence-corrected chi connectivity index (χ1v) is 5.90. The second-order valence-corrected chi connectivity index (χ2v) is 4.34. The molecular weight excluding hydrogens is 208 g/mol. The van der Waals surface area contributed by atoms with E-state index in [1.165, 1.54) is 16.7 Å². The Morgan fingerprint density at radius 3 is 2.35 bits per heavy atom. The molecule has 0 heterocycles. The lowest BCUT2D eigenvalue weighted by Crippen LogP contribution is -2.02. The highest BCUT2D eigenvalue weighted by Crippen LogP contribution is 2.24. The van der Waals surface area contributed by atoms with Crippen LogP contribution in [0.5, 0.6) is 0 Å². The van der Waals surface area contributed by atoms with E-state index in [9.17, 15) is 4.79 Å². The van der Waals surface area contributed by atoms with Gasteiger partial charge in [-0.2, -0.15) is 0 Å². The largest absolute Gasteiger partial charge is 0.303 e. The van der Waals surface area contributed by atoms with Gasteiger partial charge in [0.1, 0.15) is 6.29 Å². The Morgan fingerprint density at radius 1 is 1.00 bits per heavy atom. The molecule has 1 atom stereocenters. The maximum atomic E-state index is 10.8. The molecule has 2 aromatic rings. The van der Waals surface area contributed by atoms with E-state index >= 15 is 0 Å². The Morgan fingerprint density at radius 2 is 1.65 bits per heavy atom. The molecule has 0 amide bonds. The number of hydrogen-bond acceptors (Lipinski definition) is 1. The van der Waals surface area contributed by atoms with Crippen molar-refractivity contribution in [3.63, 3.8) is 0 Å². The van der Waals surface area contributed by atoms with Crippen LogP contribution in [0.15, 0.2) is 54.6 Å². The van der Waals surface area contributed by atoms with Gasteiger partial charge in [-0.05, 0) is 23.1 Å². The number of hydrogen-bond donors (Lipinski definition) is 0. The molecule has 0 fully saturated rings. The van der Waals surface area contributed by atoms with Crippen molar-refractivity contribution in [2.75, 3.05) is 0 Å². The van der Waals surface area contributed by atoms with Crippen LogP contribution in [0.2, 0.25) is 0 Å². The first-order chi connectivity index (χ1) is 8.31. The van der Waals surface area contributed by atoms with Crippen molar-refractivity contribution in [2.24, 2.45) is 5.92 Å². The Balaban J connectivity index is 2.37. The number of benzene rings is 2. The fourth-order valence-electron chi connectivity index (χ4n) is 1.99. The third-order valence-electron chi connectivity index (χ3n) is 2.88. The zero-order valence-electron chi connectivity index (χ0n) is 9.97. The van der Waals surface area contributed by atoms with E-state index in [0.717, 1.165) is 12.7 Å². The zero-order valence-corrected chi connectivity index (χ0v) is 9.97. The predicted molar refractivity (Wildman–Crippen MR) is 70.8 cm³/mol. The molecule has 1 unspecified atom stereocenters. The van der Waals surface area contributed by atoms with E-state index in [4.69, 9.17) is 0 Å². The second kappa shape index (κ2) is 5.44. The maximum Gasteiger partial charge on any atom is 0.123 e. The van der Waals surface area contributed by atoms with Gasteiger partial charge in [0, 0.05) is 5.92 Å². The molecule has 0 saturated heterocycles. The van der Waals surface area contributed by atoms with Gasteiger partial charge in [-0.3, -0.25) is 0 Å². The van der Waals surface area contributed by atoms with Crippen molar-refractivity contribution in [1.29, 1.82) is 0 Å². The predicted octanol–water partition coefficient (Wildman–Crippen LogP) is 3.73. The first-order valence-electron chi connectivity index (χ1n) is 5.90. The number of aldehydes is 1. The summed E-state index contributed by atoms with van der Waals surface area (Å²) in [6, 6.07) is 18.6. The number of carbonyl (C=O) groups excluding carboxylic acids is 1. The molecule has 0 bridgehead atoms. The third-order valence-corrected chi connectivity index (χ3v) is 2.88. The smallest absolute Gasteiger partial charge is 0.123 e. The van der Waals surface area contributed by atoms with E-state index in [2.05, 4.69) is 24.3 Å². The van der Waals surface area contributed by atoms with Crippen LogP contribution in [-0.2, 0) is 11.2 Å². The standard InChI is InChI=1S/C16H16O/c1-13(12-17)11-15-9-5-6-10-16(15)14-7-3-2-4-8-14/h2-10,12-13H,11H2,1H3. The summed E-state index contributed by atoms with van der Waals surface area (Å²) in [4.78, 5) is 10.8. The number of rotatable bonds is 4. The highest BCUT2D eigenvalue weighted by Gasteiger charge is 2.07. The average Bonchev–Trinajstić information content (AvgIpc) is 2.40. The zero-order chi connectivity index (χ0) is 12.1. The van der Waals surface area contributed by atoms with Crippen molar-refractivity contribution >= 4 is 6.29 Å². The van der Waals surface area contributed by atoms with Crippen molar-refractivity contribution in [2.45, 2.75) is 13.3 Å². The Hall–Kier alpha value is -1.89. The van der Waals surface area contributed by atoms with Crippen molar-refractivity contribution in [1.82, 2.24) is 0 Å². The lowest BCUT2D eigenvalue weighted by atomic mass is 9.94. The van der Waals surface area contributed by atoms with Gasteiger partial charge in [-0.25, -0.2) is 0 Å². The van der Waals surface area contributed by atoms with Crippen LogP contribution in [0.25, 0.3) is 11.1 Å². The molecule has 17 heavy (non-hydrogen) atoms. The Bertz CT molecular complexity index is 488. The average molecular weight is 224 g/mol. The summed E-state index contributed by atoms with van der Waals surface area (Å²) in [5, 5.41) is 0. The second-order valence-electron chi connectivity index (χ2n) is 4.34. The molecule has 0 aliphatic heterocycles. The third kappa shape index (κ3) is 2.82. The van der Waals surface area contributed by atoms with Crippen LogP contribution in [0.3, 0.4) is 0 Å². The summed E-state index contributed by atoms with van der Waals surface area (Å²) in [6.45, 7) is 1.95. The van der Waals surface area contributed by atoms with Gasteiger partial charge in [0.15, 0.2) is 0 Å². The minimum absolute atomic E-state index is 0.0693. The van der Waals surface area contributed by atoms with Gasteiger partial charge in [-0.15, -0.1) is 0 Å². The molecule has 0 N–H and O–H groups in total. The summed E-state index contributed by atoms with van der Waals surface area (Å²) in [5.74, 6) is 0.0693. The van der Waals surface area contributed by atoms with Crippen molar-refractivity contribution in [3.8, 4) is 11.1 Å². The monoisotopic (exact) mass is 224 g/mol. The minimum atomic E-state index is 0.0693. The highest BCUT2D eigenvalue weighted by molar-refractivity contribution is 5.68. The molecule has 2 aromatic carbocycles. The van der Waals surface area contributed by atoms with Gasteiger partial charge in [0.05, 0.1) is 0 Å². The van der Waals surface area contributed by atoms with Gasteiger partial charge in [0.2, 0.25) is 0 Å².